The second-order valence-electron chi connectivity index (χ2n) is 4.02. The number of nitrogens with zero attached hydrogens (tertiary/aromatic N) is 1. The number of fused-ring (bicyclic) bond motifs is 1. The molecule has 3 rings (SSSR count). The molecule has 6 heteroatoms. The van der Waals surface area contributed by atoms with Crippen LogP contribution in [-0.2, 0) is 9.84 Å². The van der Waals surface area contributed by atoms with Crippen molar-refractivity contribution >= 4 is 36.8 Å². The number of halogens is 1. The Kier molecular flexibility index (Phi) is 2.91. The standard InChI is InChI=1S/C13H9BrN2O2S/c14-9-6-11-12(8-16-13(11)15-7-9)19(17,18)10-4-2-1-3-5-10/h1-8H,(H,15,16). The zero-order valence-corrected chi connectivity index (χ0v) is 12.1. The summed E-state index contributed by atoms with van der Waals surface area (Å²) in [5.41, 5.74) is 0.553. The molecule has 0 aliphatic rings. The number of sulfone groups is 1. The second kappa shape index (κ2) is 4.47. The molecule has 0 aliphatic carbocycles. The van der Waals surface area contributed by atoms with Gasteiger partial charge in [-0.2, -0.15) is 0 Å². The Labute approximate surface area is 118 Å². The monoisotopic (exact) mass is 336 g/mol. The van der Waals surface area contributed by atoms with Crippen molar-refractivity contribution in [2.45, 2.75) is 9.79 Å². The molecule has 1 aromatic carbocycles. The number of pyridine rings is 1. The van der Waals surface area contributed by atoms with Crippen molar-refractivity contribution in [3.8, 4) is 0 Å². The van der Waals surface area contributed by atoms with Crippen molar-refractivity contribution in [2.24, 2.45) is 0 Å². The summed E-state index contributed by atoms with van der Waals surface area (Å²) in [6, 6.07) is 10.1. The van der Waals surface area contributed by atoms with E-state index in [4.69, 9.17) is 0 Å². The first-order valence-electron chi connectivity index (χ1n) is 5.52. The first-order valence-corrected chi connectivity index (χ1v) is 7.79. The van der Waals surface area contributed by atoms with Gasteiger partial charge >= 0.3 is 0 Å². The highest BCUT2D eigenvalue weighted by Crippen LogP contribution is 2.28. The molecule has 0 aliphatic heterocycles. The van der Waals surface area contributed by atoms with Gasteiger partial charge in [-0.05, 0) is 34.1 Å². The van der Waals surface area contributed by atoms with Crippen LogP contribution in [0.1, 0.15) is 0 Å². The molecule has 2 heterocycles. The summed E-state index contributed by atoms with van der Waals surface area (Å²) in [4.78, 5) is 7.53. The molecular weight excluding hydrogens is 328 g/mol. The molecule has 2 aromatic heterocycles. The molecule has 0 saturated carbocycles. The van der Waals surface area contributed by atoms with Crippen LogP contribution in [0.2, 0.25) is 0 Å². The van der Waals surface area contributed by atoms with Crippen LogP contribution in [0.4, 0.5) is 0 Å². The Morgan fingerprint density at radius 1 is 1.16 bits per heavy atom. The molecule has 0 fully saturated rings. The first-order chi connectivity index (χ1) is 9.09. The number of aromatic amines is 1. The van der Waals surface area contributed by atoms with Gasteiger partial charge in [0.05, 0.1) is 9.79 Å². The van der Waals surface area contributed by atoms with E-state index < -0.39 is 9.84 Å². The fourth-order valence-corrected chi connectivity index (χ4v) is 3.66. The van der Waals surface area contributed by atoms with Crippen LogP contribution in [0, 0.1) is 0 Å². The van der Waals surface area contributed by atoms with Crippen LogP contribution in [0.15, 0.2) is 63.1 Å². The molecule has 96 valence electrons. The lowest BCUT2D eigenvalue weighted by Gasteiger charge is -2.02. The van der Waals surface area contributed by atoms with Crippen LogP contribution >= 0.6 is 15.9 Å². The van der Waals surface area contributed by atoms with Gasteiger partial charge < -0.3 is 4.98 Å². The van der Waals surface area contributed by atoms with Gasteiger partial charge in [0.1, 0.15) is 5.65 Å². The molecule has 0 spiro atoms. The lowest BCUT2D eigenvalue weighted by atomic mass is 10.3. The number of rotatable bonds is 2. The van der Waals surface area contributed by atoms with Crippen LogP contribution in [0.3, 0.4) is 0 Å². The van der Waals surface area contributed by atoms with Gasteiger partial charge in [0, 0.05) is 22.3 Å². The first kappa shape index (κ1) is 12.4. The summed E-state index contributed by atoms with van der Waals surface area (Å²) in [5.74, 6) is 0. The zero-order valence-electron chi connectivity index (χ0n) is 9.67. The summed E-state index contributed by atoms with van der Waals surface area (Å²) in [6.45, 7) is 0. The van der Waals surface area contributed by atoms with E-state index in [1.807, 2.05) is 0 Å². The SMILES string of the molecule is O=S(=O)(c1ccccc1)c1c[nH]c2ncc(Br)cc12. The van der Waals surface area contributed by atoms with Crippen LogP contribution < -0.4 is 0 Å². The third kappa shape index (κ3) is 2.06. The Bertz CT molecular complexity index is 841. The summed E-state index contributed by atoms with van der Waals surface area (Å²) in [7, 11) is -3.53. The number of hydrogen-bond acceptors (Lipinski definition) is 3. The van der Waals surface area contributed by atoms with E-state index in [-0.39, 0.29) is 9.79 Å². The second-order valence-corrected chi connectivity index (χ2v) is 6.85. The van der Waals surface area contributed by atoms with E-state index >= 15 is 0 Å². The van der Waals surface area contributed by atoms with E-state index in [0.29, 0.717) is 11.0 Å². The predicted octanol–water partition coefficient (Wildman–Crippen LogP) is 3.16. The molecule has 0 atom stereocenters. The van der Waals surface area contributed by atoms with Crippen molar-refractivity contribution < 1.29 is 8.42 Å². The number of aromatic nitrogens is 2. The minimum Gasteiger partial charge on any atom is -0.345 e. The van der Waals surface area contributed by atoms with Gasteiger partial charge in [-0.15, -0.1) is 0 Å². The normalized spacial score (nSPS) is 11.8. The fraction of sp³-hybridized carbons (Fsp3) is 0. The Hall–Kier alpha value is -1.66. The summed E-state index contributed by atoms with van der Waals surface area (Å²) in [6.07, 6.45) is 3.10. The van der Waals surface area contributed by atoms with Crippen molar-refractivity contribution in [3.63, 3.8) is 0 Å². The highest BCUT2D eigenvalue weighted by Gasteiger charge is 2.21. The Morgan fingerprint density at radius 3 is 2.63 bits per heavy atom. The van der Waals surface area contributed by atoms with Gasteiger partial charge in [-0.3, -0.25) is 0 Å². The summed E-state index contributed by atoms with van der Waals surface area (Å²) in [5, 5.41) is 0.582. The lowest BCUT2D eigenvalue weighted by molar-refractivity contribution is 0.597. The van der Waals surface area contributed by atoms with Crippen LogP contribution in [0.5, 0.6) is 0 Å². The maximum Gasteiger partial charge on any atom is 0.208 e. The minimum atomic E-state index is -3.53. The fourth-order valence-electron chi connectivity index (χ4n) is 1.90. The van der Waals surface area contributed by atoms with Gasteiger partial charge in [0.25, 0.3) is 0 Å². The van der Waals surface area contributed by atoms with Gasteiger partial charge in [0.2, 0.25) is 9.84 Å². The molecule has 0 saturated heterocycles. The molecule has 4 nitrogen and oxygen atoms in total. The highest BCUT2D eigenvalue weighted by atomic mass is 79.9. The van der Waals surface area contributed by atoms with E-state index in [2.05, 4.69) is 25.9 Å². The van der Waals surface area contributed by atoms with Crippen molar-refractivity contribution in [1.29, 1.82) is 0 Å². The number of nitrogens with one attached hydrogen (secondary N) is 1. The average Bonchev–Trinajstić information content (AvgIpc) is 2.83. The quantitative estimate of drug-likeness (QED) is 0.781. The molecule has 0 unspecified atom stereocenters. The topological polar surface area (TPSA) is 62.8 Å². The highest BCUT2D eigenvalue weighted by molar-refractivity contribution is 9.10. The van der Waals surface area contributed by atoms with E-state index in [1.54, 1.807) is 42.6 Å². The van der Waals surface area contributed by atoms with Gasteiger partial charge in [-0.25, -0.2) is 13.4 Å². The van der Waals surface area contributed by atoms with Crippen molar-refractivity contribution in [2.75, 3.05) is 0 Å². The Morgan fingerprint density at radius 2 is 1.89 bits per heavy atom. The van der Waals surface area contributed by atoms with Gasteiger partial charge in [-0.1, -0.05) is 18.2 Å². The largest absolute Gasteiger partial charge is 0.345 e. The van der Waals surface area contributed by atoms with Crippen LogP contribution in [0.25, 0.3) is 11.0 Å². The molecule has 3 aromatic rings. The maximum absolute atomic E-state index is 12.6. The molecule has 0 amide bonds. The van der Waals surface area contributed by atoms with E-state index in [0.717, 1.165) is 4.47 Å². The average molecular weight is 337 g/mol. The summed E-state index contributed by atoms with van der Waals surface area (Å²) >= 11 is 3.30. The number of H-pyrrole nitrogens is 1. The molecule has 0 radical (unpaired) electrons. The zero-order chi connectivity index (χ0) is 13.5. The van der Waals surface area contributed by atoms with Crippen LogP contribution in [-0.4, -0.2) is 18.4 Å². The molecule has 0 bridgehead atoms. The van der Waals surface area contributed by atoms with Crippen molar-refractivity contribution in [1.82, 2.24) is 9.97 Å². The number of benzene rings is 1. The number of hydrogen-bond donors (Lipinski definition) is 1. The molecule has 19 heavy (non-hydrogen) atoms. The smallest absolute Gasteiger partial charge is 0.208 e. The lowest BCUT2D eigenvalue weighted by Crippen LogP contribution is -2.00. The minimum absolute atomic E-state index is 0.238. The van der Waals surface area contributed by atoms with E-state index in [9.17, 15) is 8.42 Å². The molecule has 1 N–H and O–H groups in total. The third-order valence-corrected chi connectivity index (χ3v) is 5.05. The molecular formula is C13H9BrN2O2S. The van der Waals surface area contributed by atoms with Crippen molar-refractivity contribution in [3.05, 3.63) is 53.3 Å². The maximum atomic E-state index is 12.6. The summed E-state index contributed by atoms with van der Waals surface area (Å²) < 4.78 is 25.9. The predicted molar refractivity (Wildman–Crippen MR) is 75.7 cm³/mol. The van der Waals surface area contributed by atoms with Gasteiger partial charge in [0.15, 0.2) is 0 Å². The van der Waals surface area contributed by atoms with E-state index in [1.165, 1.54) is 6.20 Å². The Balaban J connectivity index is 2.28. The third-order valence-electron chi connectivity index (χ3n) is 2.80.